The van der Waals surface area contributed by atoms with Crippen molar-refractivity contribution in [3.8, 4) is 0 Å². The summed E-state index contributed by atoms with van der Waals surface area (Å²) in [6, 6.07) is 0. The van der Waals surface area contributed by atoms with E-state index < -0.39 is 0 Å². The first-order valence-corrected chi connectivity index (χ1v) is 7.03. The van der Waals surface area contributed by atoms with Crippen LogP contribution in [0.15, 0.2) is 0 Å². The predicted molar refractivity (Wildman–Crippen MR) is 76.0 cm³/mol. The molecule has 0 amide bonds. The standard InChI is InChI=1S/C14H27N3O2/c1-5-14(6-2,10-19)15-9-13-11(3)16-17(7-8-18)12(13)4/h15,18-19H,5-10H2,1-4H3. The van der Waals surface area contributed by atoms with Crippen LogP contribution in [0.25, 0.3) is 0 Å². The van der Waals surface area contributed by atoms with Crippen molar-refractivity contribution in [2.24, 2.45) is 0 Å². The number of aliphatic hydroxyl groups excluding tert-OH is 2. The fourth-order valence-corrected chi connectivity index (χ4v) is 2.36. The first kappa shape index (κ1) is 16.1. The summed E-state index contributed by atoms with van der Waals surface area (Å²) < 4.78 is 1.84. The lowest BCUT2D eigenvalue weighted by molar-refractivity contribution is 0.149. The molecule has 3 N–H and O–H groups in total. The number of aliphatic hydroxyl groups is 2. The Morgan fingerprint density at radius 2 is 1.84 bits per heavy atom. The summed E-state index contributed by atoms with van der Waals surface area (Å²) in [7, 11) is 0. The average molecular weight is 269 g/mol. The van der Waals surface area contributed by atoms with Crippen molar-refractivity contribution in [1.82, 2.24) is 15.1 Å². The molecule has 0 unspecified atom stereocenters. The third kappa shape index (κ3) is 3.55. The number of nitrogens with zero attached hydrogens (tertiary/aromatic N) is 2. The maximum absolute atomic E-state index is 9.57. The van der Waals surface area contributed by atoms with Crippen LogP contribution in [0.2, 0.25) is 0 Å². The molecule has 5 nitrogen and oxygen atoms in total. The summed E-state index contributed by atoms with van der Waals surface area (Å²) in [6.45, 7) is 9.64. The largest absolute Gasteiger partial charge is 0.394 e. The van der Waals surface area contributed by atoms with Crippen LogP contribution in [-0.2, 0) is 13.1 Å². The van der Waals surface area contributed by atoms with Gasteiger partial charge < -0.3 is 15.5 Å². The lowest BCUT2D eigenvalue weighted by Gasteiger charge is -2.31. The lowest BCUT2D eigenvalue weighted by atomic mass is 9.93. The summed E-state index contributed by atoms with van der Waals surface area (Å²) in [5.74, 6) is 0. The quantitative estimate of drug-likeness (QED) is 0.662. The minimum Gasteiger partial charge on any atom is -0.394 e. The minimum absolute atomic E-state index is 0.0966. The van der Waals surface area contributed by atoms with E-state index in [1.807, 2.05) is 18.5 Å². The van der Waals surface area contributed by atoms with E-state index in [-0.39, 0.29) is 18.8 Å². The molecule has 0 aromatic carbocycles. The molecule has 0 bridgehead atoms. The zero-order valence-electron chi connectivity index (χ0n) is 12.5. The molecule has 0 spiro atoms. The van der Waals surface area contributed by atoms with Gasteiger partial charge in [0.25, 0.3) is 0 Å². The van der Waals surface area contributed by atoms with E-state index in [4.69, 9.17) is 5.11 Å². The highest BCUT2D eigenvalue weighted by molar-refractivity contribution is 5.24. The van der Waals surface area contributed by atoms with Crippen LogP contribution < -0.4 is 5.32 Å². The first-order valence-electron chi connectivity index (χ1n) is 7.03. The fraction of sp³-hybridized carbons (Fsp3) is 0.786. The summed E-state index contributed by atoms with van der Waals surface area (Å²) in [4.78, 5) is 0. The first-order chi connectivity index (χ1) is 9.03. The van der Waals surface area contributed by atoms with Gasteiger partial charge in [0.1, 0.15) is 0 Å². The zero-order valence-corrected chi connectivity index (χ0v) is 12.5. The van der Waals surface area contributed by atoms with Gasteiger partial charge in [0, 0.05) is 23.3 Å². The molecule has 1 heterocycles. The molecule has 0 atom stereocenters. The van der Waals surface area contributed by atoms with Crippen molar-refractivity contribution in [3.63, 3.8) is 0 Å². The Labute approximate surface area is 115 Å². The second kappa shape index (κ2) is 7.03. The predicted octanol–water partition coefficient (Wildman–Crippen LogP) is 1.13. The Balaban J connectivity index is 2.82. The molecule has 110 valence electrons. The van der Waals surface area contributed by atoms with Crippen molar-refractivity contribution in [2.45, 2.75) is 59.2 Å². The van der Waals surface area contributed by atoms with E-state index in [0.29, 0.717) is 13.1 Å². The van der Waals surface area contributed by atoms with Gasteiger partial charge in [-0.3, -0.25) is 4.68 Å². The van der Waals surface area contributed by atoms with Crippen LogP contribution in [0.3, 0.4) is 0 Å². The number of aryl methyl sites for hydroxylation is 1. The Bertz CT molecular complexity index is 389. The third-order valence-electron chi connectivity index (χ3n) is 4.14. The van der Waals surface area contributed by atoms with Crippen molar-refractivity contribution >= 4 is 0 Å². The third-order valence-corrected chi connectivity index (χ3v) is 4.14. The van der Waals surface area contributed by atoms with E-state index in [2.05, 4.69) is 24.3 Å². The second-order valence-corrected chi connectivity index (χ2v) is 5.10. The highest BCUT2D eigenvalue weighted by Crippen LogP contribution is 2.18. The fourth-order valence-electron chi connectivity index (χ4n) is 2.36. The minimum atomic E-state index is -0.210. The van der Waals surface area contributed by atoms with Crippen LogP contribution in [0.5, 0.6) is 0 Å². The zero-order chi connectivity index (χ0) is 14.5. The Morgan fingerprint density at radius 3 is 2.32 bits per heavy atom. The molecule has 1 rings (SSSR count). The molecule has 0 saturated carbocycles. The van der Waals surface area contributed by atoms with Crippen molar-refractivity contribution in [2.75, 3.05) is 13.2 Å². The highest BCUT2D eigenvalue weighted by atomic mass is 16.3. The maximum Gasteiger partial charge on any atom is 0.0644 e. The molecule has 19 heavy (non-hydrogen) atoms. The maximum atomic E-state index is 9.57. The van der Waals surface area contributed by atoms with Gasteiger partial charge >= 0.3 is 0 Å². The molecule has 1 aromatic heterocycles. The molecule has 1 aromatic rings. The molecule has 0 saturated heterocycles. The molecule has 5 heteroatoms. The van der Waals surface area contributed by atoms with Gasteiger partial charge in [-0.15, -0.1) is 0 Å². The van der Waals surface area contributed by atoms with Gasteiger partial charge in [-0.1, -0.05) is 13.8 Å². The summed E-state index contributed by atoms with van der Waals surface area (Å²) in [6.07, 6.45) is 1.78. The molecular formula is C14H27N3O2. The molecular weight excluding hydrogens is 242 g/mol. The van der Waals surface area contributed by atoms with Crippen LogP contribution in [0.1, 0.15) is 43.6 Å². The van der Waals surface area contributed by atoms with E-state index in [1.54, 1.807) is 0 Å². The van der Waals surface area contributed by atoms with Crippen LogP contribution in [0.4, 0.5) is 0 Å². The second-order valence-electron chi connectivity index (χ2n) is 5.10. The Kier molecular flexibility index (Phi) is 5.97. The van der Waals surface area contributed by atoms with Gasteiger partial charge in [0.15, 0.2) is 0 Å². The lowest BCUT2D eigenvalue weighted by Crippen LogP contribution is -2.47. The number of hydrogen-bond donors (Lipinski definition) is 3. The molecule has 0 fully saturated rings. The molecule has 0 radical (unpaired) electrons. The van der Waals surface area contributed by atoms with Crippen molar-refractivity contribution < 1.29 is 10.2 Å². The van der Waals surface area contributed by atoms with E-state index in [0.717, 1.165) is 29.8 Å². The van der Waals surface area contributed by atoms with Crippen molar-refractivity contribution in [3.05, 3.63) is 17.0 Å². The van der Waals surface area contributed by atoms with Crippen LogP contribution in [0, 0.1) is 13.8 Å². The normalized spacial score (nSPS) is 12.1. The van der Waals surface area contributed by atoms with Gasteiger partial charge in [0.05, 0.1) is 25.5 Å². The van der Waals surface area contributed by atoms with Gasteiger partial charge in [-0.2, -0.15) is 5.10 Å². The number of hydrogen-bond acceptors (Lipinski definition) is 4. The smallest absolute Gasteiger partial charge is 0.0644 e. The number of aromatic nitrogens is 2. The monoisotopic (exact) mass is 269 g/mol. The van der Waals surface area contributed by atoms with Gasteiger partial charge in [-0.25, -0.2) is 0 Å². The molecule has 0 aliphatic carbocycles. The number of rotatable bonds is 8. The van der Waals surface area contributed by atoms with E-state index in [9.17, 15) is 5.11 Å². The molecule has 0 aliphatic rings. The van der Waals surface area contributed by atoms with E-state index >= 15 is 0 Å². The van der Waals surface area contributed by atoms with Crippen LogP contribution >= 0.6 is 0 Å². The van der Waals surface area contributed by atoms with Crippen molar-refractivity contribution in [1.29, 1.82) is 0 Å². The SMILES string of the molecule is CCC(CC)(CO)NCc1c(C)nn(CCO)c1C. The van der Waals surface area contributed by atoms with Crippen LogP contribution in [-0.4, -0.2) is 38.7 Å². The van der Waals surface area contributed by atoms with E-state index in [1.165, 1.54) is 0 Å². The Hall–Kier alpha value is -0.910. The van der Waals surface area contributed by atoms with Gasteiger partial charge in [0.2, 0.25) is 0 Å². The highest BCUT2D eigenvalue weighted by Gasteiger charge is 2.25. The Morgan fingerprint density at radius 1 is 1.21 bits per heavy atom. The summed E-state index contributed by atoms with van der Waals surface area (Å²) in [5, 5.41) is 26.5. The topological polar surface area (TPSA) is 70.3 Å². The van der Waals surface area contributed by atoms with Gasteiger partial charge in [-0.05, 0) is 26.7 Å². The molecule has 0 aliphatic heterocycles. The summed E-state index contributed by atoms with van der Waals surface area (Å²) >= 11 is 0. The number of nitrogens with one attached hydrogen (secondary N) is 1. The average Bonchev–Trinajstić information content (AvgIpc) is 2.68. The summed E-state index contributed by atoms with van der Waals surface area (Å²) in [5.41, 5.74) is 3.02.